The molecule has 8 rings (SSSR count). The van der Waals surface area contributed by atoms with Crippen LogP contribution in [-0.2, 0) is 6.61 Å². The van der Waals surface area contributed by atoms with Gasteiger partial charge in [0.25, 0.3) is 0 Å². The van der Waals surface area contributed by atoms with Crippen LogP contribution in [0, 0.1) is 20.4 Å². The van der Waals surface area contributed by atoms with Crippen LogP contribution >= 0.6 is 22.7 Å². The molecule has 0 unspecified atom stereocenters. The van der Waals surface area contributed by atoms with Gasteiger partial charge in [0, 0.05) is 36.3 Å². The molecular weight excluding hydrogens is 707 g/mol. The highest BCUT2D eigenvalue weighted by Gasteiger charge is 2.25. The number of aryl methyl sites for hydroxylation is 2. The monoisotopic (exact) mass is 747 g/mol. The highest BCUT2D eigenvalue weighted by atomic mass is 32.1. The first-order chi connectivity index (χ1) is 26.5. The summed E-state index contributed by atoms with van der Waals surface area (Å²) >= 11 is 3.74. The lowest BCUT2D eigenvalue weighted by molar-refractivity contribution is 0.247. The molecule has 7 heteroatoms. The summed E-state index contributed by atoms with van der Waals surface area (Å²) in [4.78, 5) is 6.21. The summed E-state index contributed by atoms with van der Waals surface area (Å²) in [7, 11) is 1.73. The van der Waals surface area contributed by atoms with Crippen LogP contribution in [0.15, 0.2) is 109 Å². The number of methoxy groups -OCH3 is 1. The molecule has 7 aromatic rings. The van der Waals surface area contributed by atoms with Crippen molar-refractivity contribution in [3.63, 3.8) is 0 Å². The zero-order chi connectivity index (χ0) is 37.0. The Morgan fingerprint density at radius 3 is 1.69 bits per heavy atom. The molecule has 0 saturated heterocycles. The van der Waals surface area contributed by atoms with Crippen molar-refractivity contribution < 1.29 is 18.9 Å². The van der Waals surface area contributed by atoms with Crippen molar-refractivity contribution in [1.82, 2.24) is 0 Å². The predicted octanol–water partition coefficient (Wildman–Crippen LogP) is 13.5. The lowest BCUT2D eigenvalue weighted by Crippen LogP contribution is -2.05. The van der Waals surface area contributed by atoms with E-state index in [-0.39, 0.29) is 0 Å². The Hall–Kier alpha value is -5.55. The topological polar surface area (TPSA) is 41.3 Å². The van der Waals surface area contributed by atoms with Gasteiger partial charge in [-0.25, -0.2) is 4.85 Å². The number of benzene rings is 5. The molecule has 1 aliphatic rings. The first-order valence-electron chi connectivity index (χ1n) is 18.4. The smallest absolute Gasteiger partial charge is 0.187 e. The minimum Gasteiger partial charge on any atom is -0.497 e. The second-order valence-electron chi connectivity index (χ2n) is 13.6. The van der Waals surface area contributed by atoms with Gasteiger partial charge in [0.05, 0.1) is 26.9 Å². The summed E-state index contributed by atoms with van der Waals surface area (Å²) in [5, 5.41) is 2.67. The molecule has 1 aliphatic carbocycles. The van der Waals surface area contributed by atoms with Gasteiger partial charge < -0.3 is 18.9 Å². The minimum absolute atomic E-state index is 0.475. The molecule has 0 radical (unpaired) electrons. The highest BCUT2D eigenvalue weighted by molar-refractivity contribution is 7.19. The molecule has 0 aliphatic heterocycles. The van der Waals surface area contributed by atoms with Gasteiger partial charge in [-0.05, 0) is 133 Å². The van der Waals surface area contributed by atoms with Gasteiger partial charge in [-0.15, -0.1) is 22.7 Å². The number of thiophene rings is 2. The number of fused-ring (bicyclic) bond motifs is 2. The normalized spacial score (nSPS) is 12.7. The van der Waals surface area contributed by atoms with E-state index in [9.17, 15) is 0 Å². The van der Waals surface area contributed by atoms with Crippen LogP contribution in [0.5, 0.6) is 23.0 Å². The zero-order valence-corrected chi connectivity index (χ0v) is 32.4. The van der Waals surface area contributed by atoms with Crippen molar-refractivity contribution in [2.24, 2.45) is 0 Å². The minimum atomic E-state index is 0.475. The van der Waals surface area contributed by atoms with Gasteiger partial charge in [-0.3, -0.25) is 0 Å². The Labute approximate surface area is 324 Å². The third-order valence-corrected chi connectivity index (χ3v) is 12.2. The van der Waals surface area contributed by atoms with Crippen molar-refractivity contribution >= 4 is 59.7 Å². The molecule has 0 N–H and O–H groups in total. The Morgan fingerprint density at radius 1 is 0.593 bits per heavy atom. The summed E-state index contributed by atoms with van der Waals surface area (Å²) in [5.41, 5.74) is 9.75. The van der Waals surface area contributed by atoms with Crippen molar-refractivity contribution in [2.75, 3.05) is 20.3 Å². The SMILES string of the molecule is [C-]#[N+]c1ccc(-c2ccc(OCc3ccc(OCCCOc4ccc5c(C6=C(c7c(C)sc8cc(OC)ccc78)CCC6)c(C)sc5c4)cc3)cc2)cc1. The maximum absolute atomic E-state index is 7.12. The standard InChI is InChI=1S/C47H41NO4S2/c1-30-46(42-23-21-38(49-4)27-44(42)53-30)40-7-5-8-41(40)47-31(2)54-45-28-39(22-24-43(45)47)51-26-6-25-50-36-17-9-32(10-18-36)29-52-37-19-13-34(14-20-37)33-11-15-35(48-3)16-12-33/h9-24,27-28H,5-8,25-26,29H2,1-2,4H3. The van der Waals surface area contributed by atoms with Crippen LogP contribution in [0.4, 0.5) is 5.69 Å². The maximum atomic E-state index is 7.12. The third kappa shape index (κ3) is 7.45. The van der Waals surface area contributed by atoms with Crippen LogP contribution in [0.1, 0.15) is 52.1 Å². The second-order valence-corrected chi connectivity index (χ2v) is 16.1. The molecule has 0 saturated carbocycles. The van der Waals surface area contributed by atoms with Crippen LogP contribution in [0.25, 0.3) is 47.3 Å². The Kier molecular flexibility index (Phi) is 10.4. The Bertz CT molecular complexity index is 2500. The number of ether oxygens (including phenoxy) is 4. The summed E-state index contributed by atoms with van der Waals surface area (Å²) in [6, 6.07) is 36.8. The average molecular weight is 748 g/mol. The molecule has 54 heavy (non-hydrogen) atoms. The van der Waals surface area contributed by atoms with E-state index in [0.717, 1.165) is 59.0 Å². The van der Waals surface area contributed by atoms with E-state index in [0.29, 0.717) is 25.5 Å². The molecule has 2 aromatic heterocycles. The molecule has 270 valence electrons. The fraction of sp³-hybridized carbons (Fsp3) is 0.213. The van der Waals surface area contributed by atoms with Gasteiger partial charge in [0.15, 0.2) is 5.69 Å². The summed E-state index contributed by atoms with van der Waals surface area (Å²) in [6.07, 6.45) is 4.20. The molecule has 0 fully saturated rings. The molecule has 0 spiro atoms. The van der Waals surface area contributed by atoms with E-state index in [1.807, 2.05) is 95.5 Å². The van der Waals surface area contributed by atoms with Gasteiger partial charge in [0.1, 0.15) is 29.6 Å². The van der Waals surface area contributed by atoms with Gasteiger partial charge >= 0.3 is 0 Å². The van der Waals surface area contributed by atoms with Crippen LogP contribution in [0.2, 0.25) is 0 Å². The molecule has 5 nitrogen and oxygen atoms in total. The maximum Gasteiger partial charge on any atom is 0.187 e. The van der Waals surface area contributed by atoms with Crippen molar-refractivity contribution in [3.05, 3.63) is 147 Å². The average Bonchev–Trinajstić information content (AvgIpc) is 3.90. The fourth-order valence-corrected chi connectivity index (χ4v) is 9.66. The van der Waals surface area contributed by atoms with Gasteiger partial charge in [-0.1, -0.05) is 48.5 Å². The van der Waals surface area contributed by atoms with E-state index in [1.165, 1.54) is 58.6 Å². The predicted molar refractivity (Wildman–Crippen MR) is 225 cm³/mol. The lowest BCUT2D eigenvalue weighted by atomic mass is 9.93. The van der Waals surface area contributed by atoms with E-state index in [2.05, 4.69) is 55.1 Å². The number of hydrogen-bond acceptors (Lipinski definition) is 6. The van der Waals surface area contributed by atoms with Crippen LogP contribution < -0.4 is 18.9 Å². The Balaban J connectivity index is 0.836. The summed E-state index contributed by atoms with van der Waals surface area (Å²) in [6.45, 7) is 13.3. The fourth-order valence-electron chi connectivity index (χ4n) is 7.42. The van der Waals surface area contributed by atoms with E-state index in [4.69, 9.17) is 25.5 Å². The number of nitrogens with zero attached hydrogens (tertiary/aromatic N) is 1. The molecule has 0 atom stereocenters. The second kappa shape index (κ2) is 15.8. The van der Waals surface area contributed by atoms with E-state index >= 15 is 0 Å². The molecular formula is C47H41NO4S2. The molecule has 0 amide bonds. The quantitative estimate of drug-likeness (QED) is 0.0870. The zero-order valence-electron chi connectivity index (χ0n) is 30.7. The molecule has 0 bridgehead atoms. The first-order valence-corrected chi connectivity index (χ1v) is 20.0. The number of allylic oxidation sites excluding steroid dienone is 2. The number of hydrogen-bond donors (Lipinski definition) is 0. The number of rotatable bonds is 13. The summed E-state index contributed by atoms with van der Waals surface area (Å²) < 4.78 is 26.3. The Morgan fingerprint density at radius 2 is 1.09 bits per heavy atom. The molecule has 5 aromatic carbocycles. The molecule has 2 heterocycles. The van der Waals surface area contributed by atoms with Crippen LogP contribution in [-0.4, -0.2) is 20.3 Å². The summed E-state index contributed by atoms with van der Waals surface area (Å²) in [5.74, 6) is 3.46. The highest BCUT2D eigenvalue weighted by Crippen LogP contribution is 2.49. The first kappa shape index (κ1) is 35.5. The van der Waals surface area contributed by atoms with E-state index in [1.54, 1.807) is 7.11 Å². The lowest BCUT2D eigenvalue weighted by Gasteiger charge is -2.11. The van der Waals surface area contributed by atoms with E-state index < -0.39 is 0 Å². The van der Waals surface area contributed by atoms with Gasteiger partial charge in [-0.2, -0.15) is 0 Å². The van der Waals surface area contributed by atoms with Crippen molar-refractivity contribution in [1.29, 1.82) is 0 Å². The van der Waals surface area contributed by atoms with Crippen LogP contribution in [0.3, 0.4) is 0 Å². The van der Waals surface area contributed by atoms with Crippen molar-refractivity contribution in [3.8, 4) is 34.1 Å². The largest absolute Gasteiger partial charge is 0.497 e. The van der Waals surface area contributed by atoms with Gasteiger partial charge in [0.2, 0.25) is 0 Å². The van der Waals surface area contributed by atoms with Crippen molar-refractivity contribution in [2.45, 2.75) is 46.1 Å². The third-order valence-electron chi connectivity index (χ3n) is 10.1.